The molecule has 0 saturated carbocycles. The van der Waals surface area contributed by atoms with E-state index in [1.54, 1.807) is 0 Å². The topological polar surface area (TPSA) is 21.3 Å². The third kappa shape index (κ3) is 6.28. The molecule has 0 unspecified atom stereocenters. The molecule has 0 atom stereocenters. The van der Waals surface area contributed by atoms with Crippen molar-refractivity contribution in [3.8, 4) is 5.75 Å². The number of hydrogen-bond acceptors (Lipinski definition) is 2. The molecule has 0 heterocycles. The molecule has 0 aromatic heterocycles. The van der Waals surface area contributed by atoms with Crippen LogP contribution >= 0.6 is 23.2 Å². The van der Waals surface area contributed by atoms with Crippen LogP contribution in [-0.2, 0) is 19.6 Å². The Balaban J connectivity index is 1.56. The van der Waals surface area contributed by atoms with Crippen LogP contribution in [0.4, 0.5) is 0 Å². The first-order chi connectivity index (χ1) is 13.1. The van der Waals surface area contributed by atoms with Gasteiger partial charge in [-0.2, -0.15) is 0 Å². The minimum Gasteiger partial charge on any atom is -0.489 e. The van der Waals surface area contributed by atoms with E-state index in [2.05, 4.69) is 48.6 Å². The van der Waals surface area contributed by atoms with Gasteiger partial charge in [0.1, 0.15) is 12.4 Å². The van der Waals surface area contributed by atoms with Crippen LogP contribution in [0.15, 0.2) is 66.7 Å². The zero-order valence-electron chi connectivity index (χ0n) is 15.3. The van der Waals surface area contributed by atoms with E-state index >= 15 is 0 Å². The van der Waals surface area contributed by atoms with Gasteiger partial charge in [-0.3, -0.25) is 0 Å². The normalized spacial score (nSPS) is 10.8. The molecule has 0 radical (unpaired) electrons. The molecule has 0 fully saturated rings. The molecule has 1 N–H and O–H groups in total. The largest absolute Gasteiger partial charge is 0.489 e. The van der Waals surface area contributed by atoms with Crippen molar-refractivity contribution in [2.24, 2.45) is 0 Å². The molecule has 27 heavy (non-hydrogen) atoms. The van der Waals surface area contributed by atoms with E-state index in [4.69, 9.17) is 27.9 Å². The second kappa shape index (κ2) is 9.80. The van der Waals surface area contributed by atoms with E-state index in [0.29, 0.717) is 18.2 Å². The van der Waals surface area contributed by atoms with Gasteiger partial charge in [0.25, 0.3) is 0 Å². The van der Waals surface area contributed by atoms with Crippen LogP contribution in [0.25, 0.3) is 0 Å². The minimum absolute atomic E-state index is 0.543. The molecule has 0 saturated heterocycles. The predicted octanol–water partition coefficient (Wildman–Crippen LogP) is 6.21. The molecule has 2 nitrogen and oxygen atoms in total. The van der Waals surface area contributed by atoms with Crippen molar-refractivity contribution in [1.29, 1.82) is 0 Å². The molecular weight excluding hydrogens is 377 g/mol. The summed E-state index contributed by atoms with van der Waals surface area (Å²) in [5, 5.41) is 4.95. The lowest BCUT2D eigenvalue weighted by molar-refractivity contribution is 0.302. The monoisotopic (exact) mass is 399 g/mol. The van der Waals surface area contributed by atoms with Crippen molar-refractivity contribution < 1.29 is 4.74 Å². The average Bonchev–Trinajstić information content (AvgIpc) is 2.66. The van der Waals surface area contributed by atoms with E-state index in [9.17, 15) is 0 Å². The number of aryl methyl sites for hydroxylation is 1. The highest BCUT2D eigenvalue weighted by atomic mass is 35.5. The van der Waals surface area contributed by atoms with Gasteiger partial charge in [0.05, 0.1) is 0 Å². The van der Waals surface area contributed by atoms with Crippen molar-refractivity contribution in [3.05, 3.63) is 99.0 Å². The zero-order chi connectivity index (χ0) is 19.1. The molecule has 140 valence electrons. The van der Waals surface area contributed by atoms with Crippen molar-refractivity contribution in [2.75, 3.05) is 6.54 Å². The number of rotatable bonds is 8. The third-order valence-corrected chi connectivity index (χ3v) is 4.81. The molecule has 3 aromatic rings. The van der Waals surface area contributed by atoms with E-state index < -0.39 is 0 Å². The Kier molecular flexibility index (Phi) is 7.17. The summed E-state index contributed by atoms with van der Waals surface area (Å²) in [6.45, 7) is 4.20. The second-order valence-electron chi connectivity index (χ2n) is 6.58. The Morgan fingerprint density at radius 2 is 1.63 bits per heavy atom. The maximum atomic E-state index is 6.18. The van der Waals surface area contributed by atoms with E-state index in [-0.39, 0.29) is 0 Å². The summed E-state index contributed by atoms with van der Waals surface area (Å²) < 4.78 is 6.05. The third-order valence-electron chi connectivity index (χ3n) is 4.32. The highest BCUT2D eigenvalue weighted by Gasteiger charge is 2.06. The van der Waals surface area contributed by atoms with Crippen LogP contribution in [0.1, 0.15) is 22.3 Å². The maximum Gasteiger partial charge on any atom is 0.124 e. The lowest BCUT2D eigenvalue weighted by Crippen LogP contribution is -2.17. The van der Waals surface area contributed by atoms with Crippen molar-refractivity contribution in [2.45, 2.75) is 26.5 Å². The van der Waals surface area contributed by atoms with Crippen LogP contribution in [0.2, 0.25) is 10.0 Å². The smallest absolute Gasteiger partial charge is 0.124 e. The van der Waals surface area contributed by atoms with E-state index in [1.165, 1.54) is 11.1 Å². The van der Waals surface area contributed by atoms with Crippen molar-refractivity contribution in [1.82, 2.24) is 5.32 Å². The van der Waals surface area contributed by atoms with E-state index in [1.807, 2.05) is 30.3 Å². The number of ether oxygens (including phenoxy) is 1. The van der Waals surface area contributed by atoms with Gasteiger partial charge < -0.3 is 10.1 Å². The van der Waals surface area contributed by atoms with Gasteiger partial charge in [-0.15, -0.1) is 0 Å². The molecule has 3 aromatic carbocycles. The Morgan fingerprint density at radius 1 is 0.852 bits per heavy atom. The molecule has 0 spiro atoms. The van der Waals surface area contributed by atoms with Gasteiger partial charge in [0.2, 0.25) is 0 Å². The molecule has 0 aliphatic rings. The summed E-state index contributed by atoms with van der Waals surface area (Å²) >= 11 is 12.1. The van der Waals surface area contributed by atoms with Crippen LogP contribution < -0.4 is 10.1 Å². The van der Waals surface area contributed by atoms with Gasteiger partial charge in [-0.25, -0.2) is 0 Å². The van der Waals surface area contributed by atoms with Crippen LogP contribution in [0.5, 0.6) is 5.75 Å². The summed E-state index contributed by atoms with van der Waals surface area (Å²) in [5.41, 5.74) is 4.71. The van der Waals surface area contributed by atoms with Crippen LogP contribution in [0, 0.1) is 6.92 Å². The quantitative estimate of drug-likeness (QED) is 0.454. The van der Waals surface area contributed by atoms with Crippen LogP contribution in [-0.4, -0.2) is 6.54 Å². The number of hydrogen-bond donors (Lipinski definition) is 1. The minimum atomic E-state index is 0.543. The number of halogens is 2. The Bertz CT molecular complexity index is 878. The Hall–Kier alpha value is -2.00. The van der Waals surface area contributed by atoms with Gasteiger partial charge in [0.15, 0.2) is 0 Å². The van der Waals surface area contributed by atoms with Gasteiger partial charge in [0, 0.05) is 22.2 Å². The molecule has 0 aliphatic carbocycles. The fourth-order valence-corrected chi connectivity index (χ4v) is 3.22. The van der Waals surface area contributed by atoms with E-state index in [0.717, 1.165) is 34.9 Å². The molecular formula is C23H23Cl2NO. The summed E-state index contributed by atoms with van der Waals surface area (Å²) in [6, 6.07) is 22.1. The average molecular weight is 400 g/mol. The summed E-state index contributed by atoms with van der Waals surface area (Å²) in [4.78, 5) is 0. The molecule has 3 rings (SSSR count). The Labute approximate surface area is 171 Å². The Morgan fingerprint density at radius 3 is 2.41 bits per heavy atom. The fourth-order valence-electron chi connectivity index (χ4n) is 2.90. The van der Waals surface area contributed by atoms with Gasteiger partial charge in [-0.1, -0.05) is 65.2 Å². The van der Waals surface area contributed by atoms with Gasteiger partial charge >= 0.3 is 0 Å². The zero-order valence-corrected chi connectivity index (χ0v) is 16.9. The molecule has 0 bridgehead atoms. The van der Waals surface area contributed by atoms with Gasteiger partial charge in [-0.05, 0) is 61.3 Å². The molecule has 0 amide bonds. The summed E-state index contributed by atoms with van der Waals surface area (Å²) in [7, 11) is 0. The summed E-state index contributed by atoms with van der Waals surface area (Å²) in [6.07, 6.45) is 0.942. The summed E-state index contributed by atoms with van der Waals surface area (Å²) in [5.74, 6) is 0.861. The lowest BCUT2D eigenvalue weighted by Gasteiger charge is -2.13. The first kappa shape index (κ1) is 19.8. The lowest BCUT2D eigenvalue weighted by atomic mass is 10.1. The first-order valence-corrected chi connectivity index (χ1v) is 9.78. The fraction of sp³-hybridized carbons (Fsp3) is 0.217. The van der Waals surface area contributed by atoms with Crippen molar-refractivity contribution >= 4 is 23.2 Å². The first-order valence-electron chi connectivity index (χ1n) is 9.02. The highest BCUT2D eigenvalue weighted by molar-refractivity contribution is 6.30. The standard InChI is InChI=1S/C23H23Cl2NO/c1-17-3-2-4-19(13-17)16-27-23-10-9-22(25)14-20(23)15-26-12-11-18-5-7-21(24)8-6-18/h2-10,13-14,26H,11-12,15-16H2,1H3. The van der Waals surface area contributed by atoms with Crippen molar-refractivity contribution in [3.63, 3.8) is 0 Å². The number of benzene rings is 3. The predicted molar refractivity (Wildman–Crippen MR) is 114 cm³/mol. The van der Waals surface area contributed by atoms with Crippen LogP contribution in [0.3, 0.4) is 0 Å². The number of nitrogens with one attached hydrogen (secondary N) is 1. The second-order valence-corrected chi connectivity index (χ2v) is 7.46. The molecule has 0 aliphatic heterocycles. The molecule has 4 heteroatoms. The highest BCUT2D eigenvalue weighted by Crippen LogP contribution is 2.24. The SMILES string of the molecule is Cc1cccc(COc2ccc(Cl)cc2CNCCc2ccc(Cl)cc2)c1. The maximum absolute atomic E-state index is 6.18.